The summed E-state index contributed by atoms with van der Waals surface area (Å²) in [6, 6.07) is -2.14. The quantitative estimate of drug-likeness (QED) is 0.0777. The summed E-state index contributed by atoms with van der Waals surface area (Å²) in [5, 5.41) is 33.3. The minimum absolute atomic E-state index is 0.335. The number of ether oxygens (including phenoxy) is 4. The maximum atomic E-state index is 14.0. The Bertz CT molecular complexity index is 1480. The van der Waals surface area contributed by atoms with E-state index in [-0.39, 0.29) is 17.4 Å². The lowest BCUT2D eigenvalue weighted by Gasteiger charge is -2.39. The van der Waals surface area contributed by atoms with E-state index >= 15 is 0 Å². The van der Waals surface area contributed by atoms with Gasteiger partial charge in [0.05, 0.1) is 6.61 Å². The van der Waals surface area contributed by atoms with Gasteiger partial charge < -0.3 is 51.5 Å². The van der Waals surface area contributed by atoms with Crippen LogP contribution in [-0.2, 0) is 43.9 Å². The summed E-state index contributed by atoms with van der Waals surface area (Å²) < 4.78 is 22.3. The van der Waals surface area contributed by atoms with Crippen LogP contribution in [0, 0.1) is 11.8 Å². The summed E-state index contributed by atoms with van der Waals surface area (Å²) in [6.45, 7) is 5.49. The number of nitrogens with zero attached hydrogens (tertiary/aromatic N) is 3. The van der Waals surface area contributed by atoms with E-state index in [0.29, 0.717) is 0 Å². The van der Waals surface area contributed by atoms with Gasteiger partial charge in [0.1, 0.15) is 43.8 Å². The Labute approximate surface area is 262 Å². The highest BCUT2D eigenvalue weighted by Crippen LogP contribution is 2.47. The average Bonchev–Trinajstić information content (AvgIpc) is 3.54. The molecule has 2 aromatic heterocycles. The highest BCUT2D eigenvalue weighted by Gasteiger charge is 2.75. The first-order valence-electron chi connectivity index (χ1n) is 14.5. The van der Waals surface area contributed by atoms with E-state index in [1.807, 2.05) is 0 Å². The van der Waals surface area contributed by atoms with Crippen LogP contribution in [0.5, 0.6) is 0 Å². The number of carbonyl (C=O) groups is 4. The van der Waals surface area contributed by atoms with Crippen LogP contribution in [-0.4, -0.2) is 114 Å². The number of Topliss-reactive ketones (excluding diaryl/α,β-unsaturated/α-hetero) is 1. The molecule has 1 saturated heterocycles. The zero-order valence-corrected chi connectivity index (χ0v) is 26.0. The lowest BCUT2D eigenvalue weighted by Crippen LogP contribution is -2.67. The summed E-state index contributed by atoms with van der Waals surface area (Å²) in [6.07, 6.45) is -5.34. The Kier molecular flexibility index (Phi) is 11.2. The van der Waals surface area contributed by atoms with Gasteiger partial charge in [-0.1, -0.05) is 34.6 Å². The third kappa shape index (κ3) is 6.46. The van der Waals surface area contributed by atoms with Crippen LogP contribution in [0.1, 0.15) is 41.0 Å². The van der Waals surface area contributed by atoms with Crippen LogP contribution in [0.2, 0.25) is 0 Å². The lowest BCUT2D eigenvalue weighted by atomic mass is 9.82. The summed E-state index contributed by atoms with van der Waals surface area (Å²) >= 11 is 0. The van der Waals surface area contributed by atoms with Gasteiger partial charge in [-0.2, -0.15) is 4.98 Å². The molecule has 0 saturated carbocycles. The second kappa shape index (κ2) is 14.2. The minimum Gasteiger partial charge on any atom is -0.460 e. The summed E-state index contributed by atoms with van der Waals surface area (Å²) in [5.74, 6) is -5.64. The van der Waals surface area contributed by atoms with Gasteiger partial charge >= 0.3 is 17.9 Å². The third-order valence-corrected chi connectivity index (χ3v) is 7.65. The van der Waals surface area contributed by atoms with Crippen LogP contribution < -0.4 is 22.8 Å². The highest BCUT2D eigenvalue weighted by molar-refractivity contribution is 5.97. The Balaban J connectivity index is 2.11. The number of nitrogens with one attached hydrogen (secondary N) is 1. The Morgan fingerprint density at radius 2 is 1.63 bits per heavy atom. The predicted octanol–water partition coefficient (Wildman–Crippen LogP) is -3.22. The van der Waals surface area contributed by atoms with Crippen molar-refractivity contribution in [3.63, 3.8) is 0 Å². The first-order chi connectivity index (χ1) is 21.5. The van der Waals surface area contributed by atoms with Crippen LogP contribution >= 0.6 is 0 Å². The average molecular weight is 656 g/mol. The number of ketones is 1. The Hall–Kier alpha value is -4.01. The molecule has 10 N–H and O–H groups in total. The number of aliphatic hydroxyl groups is 3. The smallest absolute Gasteiger partial charge is 0.347 e. The van der Waals surface area contributed by atoms with Crippen LogP contribution in [0.25, 0.3) is 11.2 Å². The van der Waals surface area contributed by atoms with Crippen molar-refractivity contribution in [1.82, 2.24) is 19.5 Å². The number of hydrogen-bond donors (Lipinski definition) is 7. The number of aromatic amines is 1. The van der Waals surface area contributed by atoms with Gasteiger partial charge in [-0.05, 0) is 11.8 Å². The number of nitrogen functional groups attached to an aromatic ring is 1. The molecule has 3 rings (SSSR count). The number of imidazole rings is 1. The SMILES string of the molecule is CCC(=O)[C@@]1(n2cnc3c(=O)[nH]c(N)nc32)O[C@H](CO)[C@@H](O)[C@]1(O)C(=O)OC(COC(=O)[C@@H](N)C(C)C)COC(=O)[C@@H](N)C(C)C. The fourth-order valence-electron chi connectivity index (χ4n) is 4.73. The molecule has 256 valence electrons. The molecule has 0 unspecified atom stereocenters. The molecular weight excluding hydrogens is 614 g/mol. The largest absolute Gasteiger partial charge is 0.460 e. The Morgan fingerprint density at radius 3 is 2.11 bits per heavy atom. The van der Waals surface area contributed by atoms with Gasteiger partial charge in [0.2, 0.25) is 11.5 Å². The molecule has 19 heteroatoms. The fourth-order valence-corrected chi connectivity index (χ4v) is 4.73. The van der Waals surface area contributed by atoms with Crippen molar-refractivity contribution in [1.29, 1.82) is 0 Å². The molecule has 1 aliphatic rings. The maximum absolute atomic E-state index is 14.0. The summed E-state index contributed by atoms with van der Waals surface area (Å²) in [4.78, 5) is 75.3. The number of nitrogens with two attached hydrogens (primary N) is 3. The number of carbonyl (C=O) groups excluding carboxylic acids is 4. The number of fused-ring (bicyclic) bond motifs is 1. The summed E-state index contributed by atoms with van der Waals surface area (Å²) in [7, 11) is 0. The second-order valence-electron chi connectivity index (χ2n) is 11.5. The van der Waals surface area contributed by atoms with E-state index in [2.05, 4.69) is 15.0 Å². The standard InChI is InChI=1S/C27H41N7O12/c1-6-15(36)27(34-10-31-18-20(34)32-25(30)33-21(18)38)26(42,19(37)14(7-35)46-27)24(41)45-13(8-43-22(39)16(28)11(2)3)9-44-23(40)17(29)12(4)5/h10-14,16-17,19,35,37,42H,6-9,28-29H2,1-5H3,(H3,30,32,33,38)/t14-,16+,17+,19-,26+,27-/m1/s1. The van der Waals surface area contributed by atoms with Crippen LogP contribution in [0.15, 0.2) is 11.1 Å². The van der Waals surface area contributed by atoms with Crippen LogP contribution in [0.4, 0.5) is 5.95 Å². The molecule has 6 atom stereocenters. The molecule has 46 heavy (non-hydrogen) atoms. The molecule has 0 radical (unpaired) electrons. The maximum Gasteiger partial charge on any atom is 0.347 e. The number of hydrogen-bond acceptors (Lipinski definition) is 17. The van der Waals surface area contributed by atoms with Gasteiger partial charge in [-0.25, -0.2) is 9.78 Å². The van der Waals surface area contributed by atoms with Crippen molar-refractivity contribution in [2.24, 2.45) is 23.3 Å². The first kappa shape index (κ1) is 36.5. The zero-order valence-electron chi connectivity index (χ0n) is 26.0. The molecule has 0 aliphatic carbocycles. The molecule has 0 amide bonds. The molecule has 2 aromatic rings. The van der Waals surface area contributed by atoms with Crippen molar-refractivity contribution in [3.05, 3.63) is 16.7 Å². The number of rotatable bonds is 14. The van der Waals surface area contributed by atoms with E-state index in [9.17, 15) is 39.3 Å². The first-order valence-corrected chi connectivity index (χ1v) is 14.5. The van der Waals surface area contributed by atoms with Crippen molar-refractivity contribution < 1.29 is 53.4 Å². The second-order valence-corrected chi connectivity index (χ2v) is 11.5. The topological polar surface area (TPSA) is 308 Å². The summed E-state index contributed by atoms with van der Waals surface area (Å²) in [5.41, 5.74) is 9.40. The van der Waals surface area contributed by atoms with E-state index < -0.39 is 109 Å². The van der Waals surface area contributed by atoms with Crippen molar-refractivity contribution in [3.8, 4) is 0 Å². The van der Waals surface area contributed by atoms with Gasteiger partial charge in [0, 0.05) is 6.42 Å². The van der Waals surface area contributed by atoms with E-state index in [4.69, 9.17) is 36.1 Å². The van der Waals surface area contributed by atoms with E-state index in [0.717, 1.165) is 10.9 Å². The number of H-pyrrole nitrogens is 1. The zero-order chi connectivity index (χ0) is 34.7. The molecule has 1 fully saturated rings. The number of anilines is 1. The molecule has 0 aromatic carbocycles. The molecule has 1 aliphatic heterocycles. The highest BCUT2D eigenvalue weighted by atomic mass is 16.6. The van der Waals surface area contributed by atoms with Gasteiger partial charge in [-0.15, -0.1) is 0 Å². The fraction of sp³-hybridized carbons (Fsp3) is 0.667. The van der Waals surface area contributed by atoms with Crippen molar-refractivity contribution in [2.75, 3.05) is 25.6 Å². The molecule has 3 heterocycles. The van der Waals surface area contributed by atoms with Crippen LogP contribution in [0.3, 0.4) is 0 Å². The molecule has 0 spiro atoms. The number of esters is 3. The van der Waals surface area contributed by atoms with Crippen molar-refractivity contribution in [2.45, 2.75) is 82.8 Å². The van der Waals surface area contributed by atoms with Gasteiger partial charge in [-0.3, -0.25) is 28.7 Å². The number of aliphatic hydroxyl groups excluding tert-OH is 2. The predicted molar refractivity (Wildman–Crippen MR) is 156 cm³/mol. The minimum atomic E-state index is -3.38. The van der Waals surface area contributed by atoms with Crippen molar-refractivity contribution >= 4 is 40.8 Å². The number of aromatic nitrogens is 4. The Morgan fingerprint density at radius 1 is 1.09 bits per heavy atom. The molecule has 0 bridgehead atoms. The van der Waals surface area contributed by atoms with E-state index in [1.165, 1.54) is 6.92 Å². The lowest BCUT2D eigenvalue weighted by molar-refractivity contribution is -0.221. The third-order valence-electron chi connectivity index (χ3n) is 7.65. The monoisotopic (exact) mass is 655 g/mol. The molecular formula is C27H41N7O12. The van der Waals surface area contributed by atoms with Gasteiger partial charge in [0.15, 0.2) is 23.1 Å². The normalized spacial score (nSPS) is 24.4. The molecule has 19 nitrogen and oxygen atoms in total. The van der Waals surface area contributed by atoms with E-state index in [1.54, 1.807) is 27.7 Å². The van der Waals surface area contributed by atoms with Gasteiger partial charge in [0.25, 0.3) is 11.3 Å².